The normalized spacial score (nSPS) is 11.8. The van der Waals surface area contributed by atoms with Gasteiger partial charge in [0.1, 0.15) is 11.6 Å². The third kappa shape index (κ3) is 6.89. The maximum Gasteiger partial charge on any atom is 0.306 e. The molecule has 198 valence electrons. The minimum atomic E-state index is -0.551. The van der Waals surface area contributed by atoms with E-state index in [1.54, 1.807) is 61.4 Å². The van der Waals surface area contributed by atoms with Crippen LogP contribution in [0, 0.1) is 0 Å². The lowest BCUT2D eigenvalue weighted by atomic mass is 10.1. The lowest BCUT2D eigenvalue weighted by Crippen LogP contribution is -2.38. The molecule has 0 saturated heterocycles. The van der Waals surface area contributed by atoms with Crippen LogP contribution in [0.4, 0.5) is 0 Å². The van der Waals surface area contributed by atoms with Crippen LogP contribution in [0.3, 0.4) is 0 Å². The van der Waals surface area contributed by atoms with Gasteiger partial charge in [-0.25, -0.2) is 4.98 Å². The van der Waals surface area contributed by atoms with E-state index in [1.807, 2.05) is 6.92 Å². The molecule has 1 heterocycles. The molecule has 1 aromatic heterocycles. The molecule has 0 N–H and O–H groups in total. The summed E-state index contributed by atoms with van der Waals surface area (Å²) in [5.74, 6) is 0.456. The molecule has 0 radical (unpaired) electrons. The number of unbranched alkanes of at least 4 members (excludes halogenated alkanes) is 2. The number of ether oxygens (including phenoxy) is 2. The van der Waals surface area contributed by atoms with E-state index in [4.69, 9.17) is 26.1 Å². The average molecular weight is 528 g/mol. The Bertz CT molecular complexity index is 1290. The maximum atomic E-state index is 13.7. The Balaban J connectivity index is 2.11. The number of hydrogen-bond acceptors (Lipinski definition) is 6. The van der Waals surface area contributed by atoms with Gasteiger partial charge in [0.15, 0.2) is 0 Å². The Kier molecular flexibility index (Phi) is 10.1. The third-order valence-corrected chi connectivity index (χ3v) is 6.44. The summed E-state index contributed by atoms with van der Waals surface area (Å²) in [5.41, 5.74) is 0.794. The minimum Gasteiger partial charge on any atom is -0.497 e. The number of esters is 1. The summed E-state index contributed by atoms with van der Waals surface area (Å²) in [6.07, 6.45) is 2.73. The van der Waals surface area contributed by atoms with Crippen LogP contribution < -0.4 is 10.3 Å². The summed E-state index contributed by atoms with van der Waals surface area (Å²) in [7, 11) is 1.58. The Hall–Kier alpha value is -3.39. The van der Waals surface area contributed by atoms with Crippen molar-refractivity contribution in [3.63, 3.8) is 0 Å². The lowest BCUT2D eigenvalue weighted by Gasteiger charge is -2.31. The van der Waals surface area contributed by atoms with Gasteiger partial charge in [-0.2, -0.15) is 0 Å². The van der Waals surface area contributed by atoms with Crippen LogP contribution in [0.2, 0.25) is 5.02 Å². The zero-order valence-electron chi connectivity index (χ0n) is 21.8. The van der Waals surface area contributed by atoms with E-state index < -0.39 is 12.0 Å². The smallest absolute Gasteiger partial charge is 0.306 e. The third-order valence-electron chi connectivity index (χ3n) is 6.20. The molecular weight excluding hydrogens is 494 g/mol. The van der Waals surface area contributed by atoms with E-state index in [9.17, 15) is 14.4 Å². The van der Waals surface area contributed by atoms with Crippen molar-refractivity contribution in [2.45, 2.75) is 58.9 Å². The van der Waals surface area contributed by atoms with Gasteiger partial charge in [0.05, 0.1) is 42.8 Å². The number of rotatable bonds is 12. The highest BCUT2D eigenvalue weighted by Gasteiger charge is 2.27. The van der Waals surface area contributed by atoms with E-state index in [0.717, 1.165) is 19.3 Å². The number of carbonyl (C=O) groups is 2. The molecule has 0 aliphatic rings. The van der Waals surface area contributed by atoms with Gasteiger partial charge in [0, 0.05) is 18.0 Å². The molecule has 1 unspecified atom stereocenters. The number of benzene rings is 2. The molecule has 2 aromatic carbocycles. The molecular formula is C28H34ClN3O5. The van der Waals surface area contributed by atoms with E-state index in [0.29, 0.717) is 39.7 Å². The van der Waals surface area contributed by atoms with Crippen molar-refractivity contribution in [2.75, 3.05) is 20.3 Å². The molecule has 3 rings (SSSR count). The van der Waals surface area contributed by atoms with Crippen LogP contribution in [0.5, 0.6) is 5.75 Å². The van der Waals surface area contributed by atoms with Crippen molar-refractivity contribution in [2.24, 2.45) is 0 Å². The largest absolute Gasteiger partial charge is 0.497 e. The average Bonchev–Trinajstić information content (AvgIpc) is 2.89. The summed E-state index contributed by atoms with van der Waals surface area (Å²) in [5, 5.41) is 0.882. The first kappa shape index (κ1) is 28.2. The molecule has 0 aliphatic heterocycles. The zero-order chi connectivity index (χ0) is 26.9. The number of aromatic nitrogens is 2. The summed E-state index contributed by atoms with van der Waals surface area (Å²) in [4.78, 5) is 45.6. The maximum absolute atomic E-state index is 13.7. The number of hydrogen-bond donors (Lipinski definition) is 0. The van der Waals surface area contributed by atoms with Gasteiger partial charge in [-0.05, 0) is 62.7 Å². The Morgan fingerprint density at radius 1 is 1.08 bits per heavy atom. The number of amides is 1. The monoisotopic (exact) mass is 527 g/mol. The molecule has 0 bridgehead atoms. The molecule has 1 atom stereocenters. The number of halogens is 1. The molecule has 0 fully saturated rings. The van der Waals surface area contributed by atoms with E-state index in [1.165, 1.54) is 4.57 Å². The fraction of sp³-hybridized carbons (Fsp3) is 0.429. The number of fused-ring (bicyclic) bond motifs is 1. The topological polar surface area (TPSA) is 90.7 Å². The van der Waals surface area contributed by atoms with Crippen LogP contribution in [0.15, 0.2) is 47.3 Å². The second-order valence-corrected chi connectivity index (χ2v) is 9.18. The fourth-order valence-electron chi connectivity index (χ4n) is 4.23. The number of carbonyl (C=O) groups excluding carboxylic acids is 2. The van der Waals surface area contributed by atoms with Crippen molar-refractivity contribution in [3.05, 3.63) is 63.7 Å². The molecule has 1 amide bonds. The SMILES string of the molecule is CCCCCN(C(=O)CCC(=O)OCC)C(C)c1nc2cc(Cl)ccc2c(=O)n1-c1ccc(OC)cc1. The fourth-order valence-corrected chi connectivity index (χ4v) is 4.40. The van der Waals surface area contributed by atoms with Crippen LogP contribution >= 0.6 is 11.6 Å². The van der Waals surface area contributed by atoms with E-state index >= 15 is 0 Å². The highest BCUT2D eigenvalue weighted by Crippen LogP contribution is 2.26. The van der Waals surface area contributed by atoms with Gasteiger partial charge in [0.25, 0.3) is 5.56 Å². The molecule has 0 aliphatic carbocycles. The summed E-state index contributed by atoms with van der Waals surface area (Å²) in [6, 6.07) is 11.5. The highest BCUT2D eigenvalue weighted by atomic mass is 35.5. The first-order valence-corrected chi connectivity index (χ1v) is 13.0. The Morgan fingerprint density at radius 2 is 1.81 bits per heavy atom. The molecule has 3 aromatic rings. The van der Waals surface area contributed by atoms with Crippen molar-refractivity contribution in [1.29, 1.82) is 0 Å². The van der Waals surface area contributed by atoms with E-state index in [-0.39, 0.29) is 30.9 Å². The molecule has 37 heavy (non-hydrogen) atoms. The standard InChI is InChI=1S/C28H34ClN3O5/c1-5-7-8-17-31(25(33)15-16-26(34)37-6-2)19(3)27-30-24-18-20(29)9-14-23(24)28(35)32(27)21-10-12-22(36-4)13-11-21/h9-14,18-19H,5-8,15-17H2,1-4H3. The van der Waals surface area contributed by atoms with Crippen LogP contribution in [-0.4, -0.2) is 46.6 Å². The predicted molar refractivity (Wildman–Crippen MR) is 144 cm³/mol. The summed E-state index contributed by atoms with van der Waals surface area (Å²) >= 11 is 6.22. The second kappa shape index (κ2) is 13.2. The number of methoxy groups -OCH3 is 1. The van der Waals surface area contributed by atoms with Gasteiger partial charge in [-0.1, -0.05) is 31.4 Å². The van der Waals surface area contributed by atoms with Crippen LogP contribution in [0.25, 0.3) is 16.6 Å². The molecule has 0 saturated carbocycles. The summed E-state index contributed by atoms with van der Waals surface area (Å²) in [6.45, 7) is 6.41. The van der Waals surface area contributed by atoms with Crippen molar-refractivity contribution in [3.8, 4) is 11.4 Å². The quantitative estimate of drug-likeness (QED) is 0.229. The van der Waals surface area contributed by atoms with Gasteiger partial charge >= 0.3 is 5.97 Å². The number of nitrogens with zero attached hydrogens (tertiary/aromatic N) is 3. The van der Waals surface area contributed by atoms with Gasteiger partial charge in [-0.15, -0.1) is 0 Å². The minimum absolute atomic E-state index is 0.00425. The van der Waals surface area contributed by atoms with Crippen molar-refractivity contribution < 1.29 is 19.1 Å². The van der Waals surface area contributed by atoms with Gasteiger partial charge in [0.2, 0.25) is 5.91 Å². The zero-order valence-corrected chi connectivity index (χ0v) is 22.6. The van der Waals surface area contributed by atoms with Crippen LogP contribution in [0.1, 0.15) is 64.7 Å². The second-order valence-electron chi connectivity index (χ2n) is 8.75. The molecule has 0 spiro atoms. The predicted octanol–water partition coefficient (Wildman–Crippen LogP) is 5.47. The van der Waals surface area contributed by atoms with Gasteiger partial charge < -0.3 is 14.4 Å². The molecule has 9 heteroatoms. The lowest BCUT2D eigenvalue weighted by molar-refractivity contribution is -0.146. The van der Waals surface area contributed by atoms with Crippen LogP contribution in [-0.2, 0) is 14.3 Å². The summed E-state index contributed by atoms with van der Waals surface area (Å²) < 4.78 is 11.8. The Morgan fingerprint density at radius 3 is 2.46 bits per heavy atom. The first-order chi connectivity index (χ1) is 17.8. The molecule has 8 nitrogen and oxygen atoms in total. The van der Waals surface area contributed by atoms with E-state index in [2.05, 4.69) is 6.92 Å². The Labute approximate surface area is 222 Å². The highest BCUT2D eigenvalue weighted by molar-refractivity contribution is 6.31. The van der Waals surface area contributed by atoms with Crippen molar-refractivity contribution in [1.82, 2.24) is 14.5 Å². The first-order valence-electron chi connectivity index (χ1n) is 12.6. The van der Waals surface area contributed by atoms with Crippen molar-refractivity contribution >= 4 is 34.4 Å². The van der Waals surface area contributed by atoms with Gasteiger partial charge in [-0.3, -0.25) is 19.0 Å².